The third-order valence-electron chi connectivity index (χ3n) is 6.29. The molecule has 3 aliphatic rings. The summed E-state index contributed by atoms with van der Waals surface area (Å²) in [7, 11) is 0. The van der Waals surface area contributed by atoms with Crippen LogP contribution in [0.1, 0.15) is 50.6 Å². The highest BCUT2D eigenvalue weighted by atomic mass is 16.2. The Morgan fingerprint density at radius 1 is 1.14 bits per heavy atom. The van der Waals surface area contributed by atoms with Crippen molar-refractivity contribution in [1.82, 2.24) is 20.1 Å². The molecule has 3 heterocycles. The number of hydrogen-bond donors (Lipinski definition) is 1. The molecule has 2 saturated heterocycles. The van der Waals surface area contributed by atoms with Gasteiger partial charge in [0, 0.05) is 44.7 Å². The van der Waals surface area contributed by atoms with Gasteiger partial charge >= 0.3 is 0 Å². The summed E-state index contributed by atoms with van der Waals surface area (Å²) in [6.45, 7) is 2.42. The monoisotopic (exact) mass is 398 g/mol. The molecule has 1 aromatic rings. The maximum atomic E-state index is 12.9. The van der Waals surface area contributed by atoms with Crippen LogP contribution in [0, 0.1) is 11.8 Å². The standard InChI is InChI=1S/C22H30N4O3/c27-20(24-18-5-6-18)7-4-16-8-11-25(12-9-16)22(29)17-13-21(28)26(14-17)15-19-3-1-2-10-23-19/h1-3,10,16-18H,4-9,11-15H2,(H,24,27)/t17-/m1/s1. The van der Waals surface area contributed by atoms with E-state index in [1.54, 1.807) is 11.1 Å². The first-order valence-electron chi connectivity index (χ1n) is 10.8. The van der Waals surface area contributed by atoms with Crippen molar-refractivity contribution in [1.29, 1.82) is 0 Å². The molecule has 0 aromatic carbocycles. The van der Waals surface area contributed by atoms with E-state index in [9.17, 15) is 14.4 Å². The lowest BCUT2D eigenvalue weighted by Crippen LogP contribution is -2.42. The molecule has 1 N–H and O–H groups in total. The zero-order valence-electron chi connectivity index (χ0n) is 16.9. The Labute approximate surface area is 171 Å². The van der Waals surface area contributed by atoms with Crippen LogP contribution in [0.4, 0.5) is 0 Å². The van der Waals surface area contributed by atoms with Gasteiger partial charge in [0.2, 0.25) is 17.7 Å². The van der Waals surface area contributed by atoms with Crippen LogP contribution in [0.3, 0.4) is 0 Å². The molecule has 156 valence electrons. The van der Waals surface area contributed by atoms with E-state index < -0.39 is 0 Å². The van der Waals surface area contributed by atoms with Crippen molar-refractivity contribution in [3.8, 4) is 0 Å². The van der Waals surface area contributed by atoms with Crippen LogP contribution < -0.4 is 5.32 Å². The number of pyridine rings is 1. The number of nitrogens with zero attached hydrogens (tertiary/aromatic N) is 3. The maximum Gasteiger partial charge on any atom is 0.227 e. The van der Waals surface area contributed by atoms with E-state index in [-0.39, 0.29) is 23.6 Å². The predicted octanol–water partition coefficient (Wildman–Crippen LogP) is 1.73. The van der Waals surface area contributed by atoms with Gasteiger partial charge < -0.3 is 15.1 Å². The van der Waals surface area contributed by atoms with Crippen LogP contribution in [0.2, 0.25) is 0 Å². The SMILES string of the molecule is O=C(CCC1CCN(C(=O)[C@@H]2CC(=O)N(Cc3ccccn3)C2)CC1)NC1CC1. The minimum Gasteiger partial charge on any atom is -0.353 e. The Hall–Kier alpha value is -2.44. The number of carbonyl (C=O) groups is 3. The minimum atomic E-state index is -0.243. The number of rotatable bonds is 7. The summed E-state index contributed by atoms with van der Waals surface area (Å²) in [6, 6.07) is 6.09. The van der Waals surface area contributed by atoms with Gasteiger partial charge in [-0.1, -0.05) is 6.07 Å². The van der Waals surface area contributed by atoms with Gasteiger partial charge in [-0.05, 0) is 50.2 Å². The third-order valence-corrected chi connectivity index (χ3v) is 6.29. The lowest BCUT2D eigenvalue weighted by molar-refractivity contribution is -0.137. The Balaban J connectivity index is 1.20. The van der Waals surface area contributed by atoms with E-state index >= 15 is 0 Å². The van der Waals surface area contributed by atoms with Crippen molar-refractivity contribution < 1.29 is 14.4 Å². The minimum absolute atomic E-state index is 0.0329. The molecule has 2 aliphatic heterocycles. The highest BCUT2D eigenvalue weighted by Crippen LogP contribution is 2.27. The van der Waals surface area contributed by atoms with Crippen LogP contribution in [0.5, 0.6) is 0 Å². The second-order valence-electron chi connectivity index (χ2n) is 8.65. The first-order chi connectivity index (χ1) is 14.1. The molecule has 1 atom stereocenters. The summed E-state index contributed by atoms with van der Waals surface area (Å²) in [6.07, 6.45) is 7.65. The predicted molar refractivity (Wildman–Crippen MR) is 107 cm³/mol. The topological polar surface area (TPSA) is 82.6 Å². The molecule has 0 radical (unpaired) electrons. The largest absolute Gasteiger partial charge is 0.353 e. The Bertz CT molecular complexity index is 742. The maximum absolute atomic E-state index is 12.9. The van der Waals surface area contributed by atoms with Crippen molar-refractivity contribution >= 4 is 17.7 Å². The van der Waals surface area contributed by atoms with Crippen molar-refractivity contribution in [3.63, 3.8) is 0 Å². The van der Waals surface area contributed by atoms with Crippen molar-refractivity contribution in [2.24, 2.45) is 11.8 Å². The molecule has 7 heteroatoms. The van der Waals surface area contributed by atoms with Crippen LogP contribution in [0.25, 0.3) is 0 Å². The fourth-order valence-corrected chi connectivity index (χ4v) is 4.34. The van der Waals surface area contributed by atoms with E-state index in [0.29, 0.717) is 37.9 Å². The van der Waals surface area contributed by atoms with Crippen molar-refractivity contribution in [2.75, 3.05) is 19.6 Å². The second kappa shape index (κ2) is 8.93. The number of hydrogen-bond acceptors (Lipinski definition) is 4. The molecule has 1 aromatic heterocycles. The molecule has 0 unspecified atom stereocenters. The highest BCUT2D eigenvalue weighted by molar-refractivity contribution is 5.89. The fourth-order valence-electron chi connectivity index (χ4n) is 4.34. The summed E-state index contributed by atoms with van der Waals surface area (Å²) in [4.78, 5) is 45.1. The molecule has 0 spiro atoms. The van der Waals surface area contributed by atoms with Crippen molar-refractivity contribution in [2.45, 2.75) is 57.5 Å². The van der Waals surface area contributed by atoms with Crippen LogP contribution in [-0.2, 0) is 20.9 Å². The molecule has 4 rings (SSSR count). The van der Waals surface area contributed by atoms with Gasteiger partial charge in [0.05, 0.1) is 18.2 Å². The van der Waals surface area contributed by atoms with E-state index in [1.807, 2.05) is 23.1 Å². The summed E-state index contributed by atoms with van der Waals surface area (Å²) < 4.78 is 0. The third kappa shape index (κ3) is 5.34. The summed E-state index contributed by atoms with van der Waals surface area (Å²) in [5, 5.41) is 3.04. The molecular weight excluding hydrogens is 368 g/mol. The molecule has 3 fully saturated rings. The molecule has 3 amide bonds. The highest BCUT2D eigenvalue weighted by Gasteiger charge is 2.37. The molecule has 0 bridgehead atoms. The van der Waals surface area contributed by atoms with Gasteiger partial charge in [0.1, 0.15) is 0 Å². The summed E-state index contributed by atoms with van der Waals surface area (Å²) in [5.74, 6) is 0.572. The average molecular weight is 399 g/mol. The Morgan fingerprint density at radius 3 is 2.62 bits per heavy atom. The Kier molecular flexibility index (Phi) is 6.11. The summed E-state index contributed by atoms with van der Waals surface area (Å²) >= 11 is 0. The van der Waals surface area contributed by atoms with Crippen LogP contribution in [-0.4, -0.2) is 58.2 Å². The second-order valence-corrected chi connectivity index (χ2v) is 8.65. The number of piperidine rings is 1. The van der Waals surface area contributed by atoms with Gasteiger partial charge in [-0.15, -0.1) is 0 Å². The first-order valence-corrected chi connectivity index (χ1v) is 10.8. The zero-order chi connectivity index (χ0) is 20.2. The smallest absolute Gasteiger partial charge is 0.227 e. The van der Waals surface area contributed by atoms with Gasteiger partial charge in [-0.25, -0.2) is 0 Å². The molecule has 1 aliphatic carbocycles. The van der Waals surface area contributed by atoms with E-state index in [2.05, 4.69) is 10.3 Å². The van der Waals surface area contributed by atoms with Crippen LogP contribution >= 0.6 is 0 Å². The number of likely N-dealkylation sites (tertiary alicyclic amines) is 2. The zero-order valence-corrected chi connectivity index (χ0v) is 16.9. The van der Waals surface area contributed by atoms with E-state index in [1.165, 1.54) is 0 Å². The number of nitrogens with one attached hydrogen (secondary N) is 1. The van der Waals surface area contributed by atoms with Gasteiger partial charge in [0.25, 0.3) is 0 Å². The lowest BCUT2D eigenvalue weighted by Gasteiger charge is -2.33. The number of carbonyl (C=O) groups excluding carboxylic acids is 3. The van der Waals surface area contributed by atoms with E-state index in [0.717, 1.165) is 50.9 Å². The number of aromatic nitrogens is 1. The average Bonchev–Trinajstić information content (AvgIpc) is 3.48. The van der Waals surface area contributed by atoms with Crippen LogP contribution in [0.15, 0.2) is 24.4 Å². The molecule has 29 heavy (non-hydrogen) atoms. The summed E-state index contributed by atoms with van der Waals surface area (Å²) in [5.41, 5.74) is 0.848. The van der Waals surface area contributed by atoms with Gasteiger partial charge in [0.15, 0.2) is 0 Å². The molecule has 7 nitrogen and oxygen atoms in total. The molecular formula is C22H30N4O3. The normalized spacial score (nSPS) is 22.8. The Morgan fingerprint density at radius 2 is 1.93 bits per heavy atom. The van der Waals surface area contributed by atoms with Gasteiger partial charge in [-0.2, -0.15) is 0 Å². The first kappa shape index (κ1) is 19.9. The van der Waals surface area contributed by atoms with Gasteiger partial charge in [-0.3, -0.25) is 19.4 Å². The fraction of sp³-hybridized carbons (Fsp3) is 0.636. The lowest BCUT2D eigenvalue weighted by atomic mass is 9.91. The van der Waals surface area contributed by atoms with Crippen molar-refractivity contribution in [3.05, 3.63) is 30.1 Å². The number of amides is 3. The molecule has 1 saturated carbocycles. The van der Waals surface area contributed by atoms with E-state index in [4.69, 9.17) is 0 Å². The quantitative estimate of drug-likeness (QED) is 0.758.